The molecule has 1 unspecified atom stereocenters. The summed E-state index contributed by atoms with van der Waals surface area (Å²) in [5.41, 5.74) is 1.38. The van der Waals surface area contributed by atoms with E-state index in [9.17, 15) is 0 Å². The van der Waals surface area contributed by atoms with E-state index in [4.69, 9.17) is 11.6 Å². The van der Waals surface area contributed by atoms with Crippen molar-refractivity contribution < 1.29 is 0 Å². The molecule has 0 saturated heterocycles. The van der Waals surface area contributed by atoms with Gasteiger partial charge in [-0.05, 0) is 42.9 Å². The Morgan fingerprint density at radius 3 is 2.88 bits per heavy atom. The second-order valence-corrected chi connectivity index (χ2v) is 5.16. The molecule has 16 heavy (non-hydrogen) atoms. The molecule has 1 N–H and O–H groups in total. The van der Waals surface area contributed by atoms with Crippen LogP contribution in [0, 0.1) is 0 Å². The van der Waals surface area contributed by atoms with Crippen molar-refractivity contribution in [3.8, 4) is 0 Å². The normalized spacial score (nSPS) is 17.4. The topological polar surface area (TPSA) is 12.0 Å². The largest absolute Gasteiger partial charge is 0.313 e. The maximum absolute atomic E-state index is 6.04. The van der Waals surface area contributed by atoms with Crippen LogP contribution in [0.15, 0.2) is 24.3 Å². The fourth-order valence-corrected chi connectivity index (χ4v) is 2.29. The van der Waals surface area contributed by atoms with Gasteiger partial charge in [0.2, 0.25) is 0 Å². The summed E-state index contributed by atoms with van der Waals surface area (Å²) >= 11 is 6.04. The Morgan fingerprint density at radius 2 is 2.25 bits per heavy atom. The van der Waals surface area contributed by atoms with Gasteiger partial charge in [-0.15, -0.1) is 0 Å². The van der Waals surface area contributed by atoms with Crippen LogP contribution in [0.1, 0.15) is 44.1 Å². The van der Waals surface area contributed by atoms with Crippen molar-refractivity contribution in [2.24, 2.45) is 0 Å². The maximum atomic E-state index is 6.04. The van der Waals surface area contributed by atoms with E-state index in [2.05, 4.69) is 30.4 Å². The molecule has 0 amide bonds. The zero-order valence-corrected chi connectivity index (χ0v) is 10.6. The number of hydrogen-bond donors (Lipinski definition) is 1. The first-order valence-corrected chi connectivity index (χ1v) is 6.66. The second-order valence-electron chi connectivity index (χ2n) is 4.72. The van der Waals surface area contributed by atoms with Gasteiger partial charge in [0.1, 0.15) is 0 Å². The maximum Gasteiger partial charge on any atom is 0.0408 e. The molecule has 1 aliphatic rings. The Balaban J connectivity index is 1.98. The van der Waals surface area contributed by atoms with Gasteiger partial charge in [0, 0.05) is 17.6 Å². The molecule has 1 saturated carbocycles. The molecular formula is C14H20ClN. The van der Waals surface area contributed by atoms with Gasteiger partial charge in [-0.25, -0.2) is 0 Å². The van der Waals surface area contributed by atoms with Gasteiger partial charge >= 0.3 is 0 Å². The van der Waals surface area contributed by atoms with Crippen LogP contribution in [0.2, 0.25) is 5.02 Å². The molecule has 0 spiro atoms. The van der Waals surface area contributed by atoms with E-state index in [-0.39, 0.29) is 0 Å². The highest BCUT2D eigenvalue weighted by atomic mass is 35.5. The molecule has 0 bridgehead atoms. The summed E-state index contributed by atoms with van der Waals surface area (Å²) in [6, 6.07) is 9.09. The number of halogens is 1. The van der Waals surface area contributed by atoms with Crippen LogP contribution < -0.4 is 5.32 Å². The van der Waals surface area contributed by atoms with E-state index in [0.29, 0.717) is 5.92 Å². The van der Waals surface area contributed by atoms with E-state index in [1.807, 2.05) is 6.07 Å². The standard InChI is InChI=1S/C14H20ClN/c1-2-4-12(10-16-14-7-8-14)11-5-3-6-13(15)9-11/h3,5-6,9,12,14,16H,2,4,7-8,10H2,1H3. The minimum absolute atomic E-state index is 0.615. The van der Waals surface area contributed by atoms with Crippen molar-refractivity contribution in [1.82, 2.24) is 5.32 Å². The van der Waals surface area contributed by atoms with Gasteiger partial charge in [-0.3, -0.25) is 0 Å². The number of nitrogens with one attached hydrogen (secondary N) is 1. The van der Waals surface area contributed by atoms with Crippen molar-refractivity contribution in [3.05, 3.63) is 34.9 Å². The summed E-state index contributed by atoms with van der Waals surface area (Å²) in [4.78, 5) is 0. The van der Waals surface area contributed by atoms with Crippen molar-refractivity contribution in [2.75, 3.05) is 6.54 Å². The predicted octanol–water partition coefficient (Wildman–Crippen LogP) is 3.98. The molecule has 0 radical (unpaired) electrons. The van der Waals surface area contributed by atoms with Gasteiger partial charge in [-0.1, -0.05) is 37.1 Å². The van der Waals surface area contributed by atoms with Crippen molar-refractivity contribution in [3.63, 3.8) is 0 Å². The Hall–Kier alpha value is -0.530. The van der Waals surface area contributed by atoms with Crippen LogP contribution in [0.25, 0.3) is 0 Å². The van der Waals surface area contributed by atoms with E-state index in [1.54, 1.807) is 0 Å². The van der Waals surface area contributed by atoms with Gasteiger partial charge in [-0.2, -0.15) is 0 Å². The highest BCUT2D eigenvalue weighted by Gasteiger charge is 2.22. The third kappa shape index (κ3) is 3.50. The number of hydrogen-bond acceptors (Lipinski definition) is 1. The smallest absolute Gasteiger partial charge is 0.0408 e. The van der Waals surface area contributed by atoms with Crippen molar-refractivity contribution in [2.45, 2.75) is 44.6 Å². The lowest BCUT2D eigenvalue weighted by atomic mass is 9.94. The molecule has 1 aliphatic carbocycles. The first-order chi connectivity index (χ1) is 7.79. The van der Waals surface area contributed by atoms with Gasteiger partial charge in [0.25, 0.3) is 0 Å². The summed E-state index contributed by atoms with van der Waals surface area (Å²) < 4.78 is 0. The highest BCUT2D eigenvalue weighted by Crippen LogP contribution is 2.25. The SMILES string of the molecule is CCCC(CNC1CC1)c1cccc(Cl)c1. The van der Waals surface area contributed by atoms with Crippen LogP contribution in [0.3, 0.4) is 0 Å². The molecule has 2 heteroatoms. The molecule has 1 atom stereocenters. The quantitative estimate of drug-likeness (QED) is 0.789. The van der Waals surface area contributed by atoms with Crippen molar-refractivity contribution >= 4 is 11.6 Å². The molecule has 1 aromatic rings. The van der Waals surface area contributed by atoms with E-state index < -0.39 is 0 Å². The molecular weight excluding hydrogens is 218 g/mol. The van der Waals surface area contributed by atoms with Crippen LogP contribution in [-0.2, 0) is 0 Å². The highest BCUT2D eigenvalue weighted by molar-refractivity contribution is 6.30. The van der Waals surface area contributed by atoms with Gasteiger partial charge in [0.15, 0.2) is 0 Å². The summed E-state index contributed by atoms with van der Waals surface area (Å²) in [7, 11) is 0. The summed E-state index contributed by atoms with van der Waals surface area (Å²) in [5.74, 6) is 0.615. The zero-order valence-electron chi connectivity index (χ0n) is 9.88. The lowest BCUT2D eigenvalue weighted by Gasteiger charge is -2.17. The summed E-state index contributed by atoms with van der Waals surface area (Å²) in [6.45, 7) is 3.34. The molecule has 0 heterocycles. The third-order valence-electron chi connectivity index (χ3n) is 3.19. The molecule has 88 valence electrons. The lowest BCUT2D eigenvalue weighted by Crippen LogP contribution is -2.23. The number of rotatable bonds is 6. The predicted molar refractivity (Wildman–Crippen MR) is 70.1 cm³/mol. The molecule has 1 fully saturated rings. The van der Waals surface area contributed by atoms with Gasteiger partial charge in [0.05, 0.1) is 0 Å². The monoisotopic (exact) mass is 237 g/mol. The Labute approximate surface area is 103 Å². The average Bonchev–Trinajstić information content (AvgIpc) is 3.08. The van der Waals surface area contributed by atoms with Crippen molar-refractivity contribution in [1.29, 1.82) is 0 Å². The Morgan fingerprint density at radius 1 is 1.44 bits per heavy atom. The van der Waals surface area contributed by atoms with Crippen LogP contribution in [0.5, 0.6) is 0 Å². The van der Waals surface area contributed by atoms with Crippen LogP contribution >= 0.6 is 11.6 Å². The average molecular weight is 238 g/mol. The fraction of sp³-hybridized carbons (Fsp3) is 0.571. The minimum atomic E-state index is 0.615. The lowest BCUT2D eigenvalue weighted by molar-refractivity contribution is 0.542. The minimum Gasteiger partial charge on any atom is -0.313 e. The Bertz CT molecular complexity index is 333. The van der Waals surface area contributed by atoms with E-state index >= 15 is 0 Å². The molecule has 1 nitrogen and oxygen atoms in total. The molecule has 0 aliphatic heterocycles. The Kier molecular flexibility index (Phi) is 4.25. The summed E-state index contributed by atoms with van der Waals surface area (Å²) in [6.07, 6.45) is 5.17. The molecule has 0 aromatic heterocycles. The number of benzene rings is 1. The first-order valence-electron chi connectivity index (χ1n) is 6.28. The summed E-state index contributed by atoms with van der Waals surface area (Å²) in [5, 5.41) is 4.47. The van der Waals surface area contributed by atoms with E-state index in [0.717, 1.165) is 17.6 Å². The van der Waals surface area contributed by atoms with Crippen LogP contribution in [-0.4, -0.2) is 12.6 Å². The third-order valence-corrected chi connectivity index (χ3v) is 3.42. The fourth-order valence-electron chi connectivity index (χ4n) is 2.09. The second kappa shape index (κ2) is 5.70. The zero-order chi connectivity index (χ0) is 11.4. The molecule has 2 rings (SSSR count). The van der Waals surface area contributed by atoms with Crippen LogP contribution in [0.4, 0.5) is 0 Å². The molecule has 1 aromatic carbocycles. The first kappa shape index (κ1) is 11.9. The van der Waals surface area contributed by atoms with Gasteiger partial charge < -0.3 is 5.32 Å². The van der Waals surface area contributed by atoms with E-state index in [1.165, 1.54) is 31.2 Å².